The molecule has 1 aliphatic rings. The SMILES string of the molecule is COC(=O)C[C@H]1[C@@H](Nc2ccc(S(=O)(=O)N(C)C)c3nonc23)CN(C(=O)OC(C)(C)C)[C@@H]1C(=O)OC. The number of esters is 2. The third kappa shape index (κ3) is 5.77. The molecule has 1 N–H and O–H groups in total. The normalized spacial score (nSPS) is 20.2. The van der Waals surface area contributed by atoms with Gasteiger partial charge >= 0.3 is 18.0 Å². The smallest absolute Gasteiger partial charge is 0.411 e. The lowest BCUT2D eigenvalue weighted by Crippen LogP contribution is -2.46. The summed E-state index contributed by atoms with van der Waals surface area (Å²) < 4.78 is 46.6. The quantitative estimate of drug-likeness (QED) is 0.393. The van der Waals surface area contributed by atoms with Crippen molar-refractivity contribution in [3.8, 4) is 0 Å². The number of ether oxygens (including phenoxy) is 3. The van der Waals surface area contributed by atoms with Crippen LogP contribution in [0.1, 0.15) is 27.2 Å². The standard InChI is InChI=1S/C22H31N5O9S/c1-22(2,3)35-21(30)27-11-14(12(10-16(28)33-6)19(27)20(29)34-7)23-13-8-9-15(37(31,32)26(4)5)18-17(13)24-36-25-18/h8-9,12,14,19,23H,10-11H2,1-7H3/t12-,14-,19-/m0/s1. The molecule has 1 aliphatic heterocycles. The maximum atomic E-state index is 13.0. The lowest BCUT2D eigenvalue weighted by Gasteiger charge is -2.28. The highest BCUT2D eigenvalue weighted by Crippen LogP contribution is 2.35. The van der Waals surface area contributed by atoms with Crippen molar-refractivity contribution in [3.05, 3.63) is 12.1 Å². The molecule has 0 saturated carbocycles. The molecule has 0 bridgehead atoms. The van der Waals surface area contributed by atoms with Gasteiger partial charge in [-0.05, 0) is 43.2 Å². The van der Waals surface area contributed by atoms with Gasteiger partial charge in [-0.15, -0.1) is 0 Å². The maximum absolute atomic E-state index is 13.0. The van der Waals surface area contributed by atoms with Crippen LogP contribution in [0.3, 0.4) is 0 Å². The molecule has 14 nitrogen and oxygen atoms in total. The van der Waals surface area contributed by atoms with Crippen LogP contribution in [-0.2, 0) is 33.8 Å². The van der Waals surface area contributed by atoms with Gasteiger partial charge in [0, 0.05) is 32.6 Å². The molecule has 1 saturated heterocycles. The Morgan fingerprint density at radius 2 is 1.78 bits per heavy atom. The minimum atomic E-state index is -3.86. The summed E-state index contributed by atoms with van der Waals surface area (Å²) in [5.74, 6) is -2.12. The molecule has 0 spiro atoms. The Hall–Kier alpha value is -3.46. The average molecular weight is 542 g/mol. The predicted octanol–water partition coefficient (Wildman–Crippen LogP) is 1.23. The molecule has 3 rings (SSSR count). The molecular formula is C22H31N5O9S. The second kappa shape index (κ2) is 10.5. The topological polar surface area (TPSA) is 170 Å². The number of amides is 1. The zero-order valence-corrected chi connectivity index (χ0v) is 22.5. The number of rotatable bonds is 7. The van der Waals surface area contributed by atoms with Crippen molar-refractivity contribution >= 4 is 44.8 Å². The first kappa shape index (κ1) is 28.1. The van der Waals surface area contributed by atoms with Crippen molar-refractivity contribution in [3.63, 3.8) is 0 Å². The largest absolute Gasteiger partial charge is 0.469 e. The summed E-state index contributed by atoms with van der Waals surface area (Å²) in [6, 6.07) is 0.974. The minimum Gasteiger partial charge on any atom is -0.469 e. The Labute approximate surface area is 214 Å². The van der Waals surface area contributed by atoms with Crippen LogP contribution in [0.4, 0.5) is 10.5 Å². The summed E-state index contributed by atoms with van der Waals surface area (Å²) in [4.78, 5) is 39.2. The molecule has 37 heavy (non-hydrogen) atoms. The summed E-state index contributed by atoms with van der Waals surface area (Å²) in [5, 5.41) is 10.8. The highest BCUT2D eigenvalue weighted by atomic mass is 32.2. The van der Waals surface area contributed by atoms with E-state index in [0.29, 0.717) is 5.69 Å². The van der Waals surface area contributed by atoms with Crippen LogP contribution < -0.4 is 5.32 Å². The van der Waals surface area contributed by atoms with Crippen molar-refractivity contribution in [1.82, 2.24) is 19.5 Å². The zero-order valence-electron chi connectivity index (χ0n) is 21.7. The fourth-order valence-electron chi connectivity index (χ4n) is 4.09. The number of sulfonamides is 1. The fraction of sp³-hybridized carbons (Fsp3) is 0.591. The maximum Gasteiger partial charge on any atom is 0.411 e. The summed E-state index contributed by atoms with van der Waals surface area (Å²) >= 11 is 0. The molecule has 0 radical (unpaired) electrons. The van der Waals surface area contributed by atoms with Crippen molar-refractivity contribution in [2.24, 2.45) is 5.92 Å². The number of aromatic nitrogens is 2. The van der Waals surface area contributed by atoms with Crippen LogP contribution >= 0.6 is 0 Å². The fourth-order valence-corrected chi connectivity index (χ4v) is 5.10. The van der Waals surface area contributed by atoms with E-state index in [4.69, 9.17) is 18.8 Å². The number of likely N-dealkylation sites (tertiary alicyclic amines) is 1. The van der Waals surface area contributed by atoms with Crippen molar-refractivity contribution < 1.29 is 41.6 Å². The van der Waals surface area contributed by atoms with Crippen LogP contribution in [0, 0.1) is 5.92 Å². The number of carbonyl (C=O) groups is 3. The van der Waals surface area contributed by atoms with E-state index in [1.807, 2.05) is 0 Å². The van der Waals surface area contributed by atoms with Gasteiger partial charge in [0.05, 0.1) is 26.3 Å². The first-order valence-electron chi connectivity index (χ1n) is 11.3. The summed E-state index contributed by atoms with van der Waals surface area (Å²) in [6.45, 7) is 5.02. The third-order valence-corrected chi connectivity index (χ3v) is 7.68. The van der Waals surface area contributed by atoms with Gasteiger partial charge in [-0.25, -0.2) is 26.9 Å². The Bertz CT molecular complexity index is 1290. The molecule has 1 aromatic carbocycles. The van der Waals surface area contributed by atoms with Crippen molar-refractivity contribution in [2.75, 3.05) is 40.2 Å². The van der Waals surface area contributed by atoms with Gasteiger partial charge in [0.25, 0.3) is 0 Å². The van der Waals surface area contributed by atoms with Crippen LogP contribution in [0.25, 0.3) is 11.0 Å². The monoisotopic (exact) mass is 541 g/mol. The average Bonchev–Trinajstić information content (AvgIpc) is 3.43. The van der Waals surface area contributed by atoms with Crippen LogP contribution in [0.15, 0.2) is 21.7 Å². The van der Waals surface area contributed by atoms with Gasteiger partial charge in [-0.2, -0.15) is 0 Å². The van der Waals surface area contributed by atoms with Crippen LogP contribution in [-0.4, -0.2) is 98.5 Å². The Morgan fingerprint density at radius 1 is 1.14 bits per heavy atom. The number of carbonyl (C=O) groups excluding carboxylic acids is 3. The van der Waals surface area contributed by atoms with Gasteiger partial charge in [-0.3, -0.25) is 9.69 Å². The molecule has 0 aliphatic carbocycles. The lowest BCUT2D eigenvalue weighted by molar-refractivity contribution is -0.148. The van der Waals surface area contributed by atoms with E-state index in [0.717, 1.165) is 4.31 Å². The van der Waals surface area contributed by atoms with E-state index in [2.05, 4.69) is 15.6 Å². The number of hydrogen-bond acceptors (Lipinski definition) is 12. The Balaban J connectivity index is 2.05. The van der Waals surface area contributed by atoms with Gasteiger partial charge in [-0.1, -0.05) is 0 Å². The summed E-state index contributed by atoms with van der Waals surface area (Å²) in [7, 11) is 1.31. The third-order valence-electron chi connectivity index (χ3n) is 5.83. The van der Waals surface area contributed by atoms with Gasteiger partial charge in [0.2, 0.25) is 10.0 Å². The Morgan fingerprint density at radius 3 is 2.35 bits per heavy atom. The highest BCUT2D eigenvalue weighted by Gasteiger charge is 2.50. The molecule has 15 heteroatoms. The number of benzene rings is 1. The molecular weight excluding hydrogens is 510 g/mol. The molecule has 2 heterocycles. The molecule has 1 amide bonds. The second-order valence-electron chi connectivity index (χ2n) is 9.66. The molecule has 1 fully saturated rings. The van der Waals surface area contributed by atoms with E-state index < -0.39 is 51.7 Å². The van der Waals surface area contributed by atoms with E-state index in [1.54, 1.807) is 20.8 Å². The molecule has 0 unspecified atom stereocenters. The lowest BCUT2D eigenvalue weighted by atomic mass is 9.92. The molecule has 2 aromatic rings. The van der Waals surface area contributed by atoms with Gasteiger partial charge < -0.3 is 19.5 Å². The summed E-state index contributed by atoms with van der Waals surface area (Å²) in [6.07, 6.45) is -0.983. The number of fused-ring (bicyclic) bond motifs is 1. The molecule has 1 aromatic heterocycles. The van der Waals surface area contributed by atoms with E-state index in [9.17, 15) is 22.8 Å². The minimum absolute atomic E-state index is 0.00488. The van der Waals surface area contributed by atoms with E-state index in [-0.39, 0.29) is 28.9 Å². The van der Waals surface area contributed by atoms with Gasteiger partial charge in [0.1, 0.15) is 16.5 Å². The first-order valence-corrected chi connectivity index (χ1v) is 12.7. The first-order chi connectivity index (χ1) is 17.2. The van der Waals surface area contributed by atoms with Crippen LogP contribution in [0.2, 0.25) is 0 Å². The number of nitrogens with one attached hydrogen (secondary N) is 1. The number of methoxy groups -OCH3 is 2. The molecule has 204 valence electrons. The Kier molecular flexibility index (Phi) is 7.97. The second-order valence-corrected chi connectivity index (χ2v) is 11.8. The van der Waals surface area contributed by atoms with Crippen LogP contribution in [0.5, 0.6) is 0 Å². The predicted molar refractivity (Wildman–Crippen MR) is 129 cm³/mol. The number of anilines is 1. The van der Waals surface area contributed by atoms with E-state index in [1.165, 1.54) is 45.3 Å². The van der Waals surface area contributed by atoms with Crippen molar-refractivity contribution in [1.29, 1.82) is 0 Å². The van der Waals surface area contributed by atoms with Crippen molar-refractivity contribution in [2.45, 2.75) is 49.8 Å². The molecule has 3 atom stereocenters. The highest BCUT2D eigenvalue weighted by molar-refractivity contribution is 7.89. The summed E-state index contributed by atoms with van der Waals surface area (Å²) in [5.41, 5.74) is -0.406. The van der Waals surface area contributed by atoms with E-state index >= 15 is 0 Å². The number of hydrogen-bond donors (Lipinski definition) is 1. The number of nitrogens with zero attached hydrogens (tertiary/aromatic N) is 4. The van der Waals surface area contributed by atoms with Gasteiger partial charge in [0.15, 0.2) is 11.0 Å². The zero-order chi connectivity index (χ0) is 27.7.